The molecule has 10 heteroatoms. The van der Waals surface area contributed by atoms with E-state index < -0.39 is 11.4 Å². The van der Waals surface area contributed by atoms with Gasteiger partial charge >= 0.3 is 0 Å². The van der Waals surface area contributed by atoms with Crippen LogP contribution in [0.15, 0.2) is 59.9 Å². The van der Waals surface area contributed by atoms with Crippen LogP contribution in [-0.4, -0.2) is 36.3 Å². The summed E-state index contributed by atoms with van der Waals surface area (Å²) in [5.41, 5.74) is 7.20. The van der Waals surface area contributed by atoms with Crippen molar-refractivity contribution in [2.24, 2.45) is 10.7 Å². The molecule has 32 heavy (non-hydrogen) atoms. The molecule has 3 N–H and O–H groups in total. The van der Waals surface area contributed by atoms with Crippen LogP contribution in [0.3, 0.4) is 0 Å². The maximum Gasteiger partial charge on any atom is 0.290 e. The molecular formula is C22H18Cl2FN3O4. The lowest BCUT2D eigenvalue weighted by Crippen LogP contribution is -2.27. The largest absolute Gasteiger partial charge is 0.495 e. The lowest BCUT2D eigenvalue weighted by molar-refractivity contribution is -0.122. The van der Waals surface area contributed by atoms with Gasteiger partial charge in [0.25, 0.3) is 12.5 Å². The first-order valence-corrected chi connectivity index (χ1v) is 9.91. The molecule has 1 aliphatic rings. The number of hydrogen-bond donors (Lipinski definition) is 2. The van der Waals surface area contributed by atoms with Crippen LogP contribution in [0.5, 0.6) is 5.75 Å². The van der Waals surface area contributed by atoms with Gasteiger partial charge in [0, 0.05) is 23.5 Å². The molecule has 0 aliphatic carbocycles. The van der Waals surface area contributed by atoms with E-state index in [1.165, 1.54) is 19.4 Å². The summed E-state index contributed by atoms with van der Waals surface area (Å²) in [4.78, 5) is 17.0. The number of aromatic nitrogens is 1. The third-order valence-corrected chi connectivity index (χ3v) is 5.32. The van der Waals surface area contributed by atoms with Crippen LogP contribution in [0, 0.1) is 5.82 Å². The highest BCUT2D eigenvalue weighted by Crippen LogP contribution is 2.41. The Morgan fingerprint density at radius 2 is 1.88 bits per heavy atom. The van der Waals surface area contributed by atoms with Gasteiger partial charge < -0.3 is 20.3 Å². The van der Waals surface area contributed by atoms with Crippen LogP contribution in [0.1, 0.15) is 11.1 Å². The SMILES string of the molecule is COc1ccc(C2(c3ccc(F)c(-c4cncc(Cl)c4)c3)COC(N)=N2)cc1Cl.O=CO. The van der Waals surface area contributed by atoms with Crippen molar-refractivity contribution in [1.82, 2.24) is 4.98 Å². The fourth-order valence-corrected chi connectivity index (χ4v) is 3.81. The zero-order chi connectivity index (χ0) is 23.3. The van der Waals surface area contributed by atoms with Crippen molar-refractivity contribution in [3.05, 3.63) is 81.8 Å². The highest BCUT2D eigenvalue weighted by Gasteiger charge is 2.41. The summed E-state index contributed by atoms with van der Waals surface area (Å²) in [7, 11) is 1.54. The van der Waals surface area contributed by atoms with Gasteiger partial charge in [-0.2, -0.15) is 0 Å². The molecule has 1 unspecified atom stereocenters. The normalized spacial score (nSPS) is 16.9. The minimum Gasteiger partial charge on any atom is -0.495 e. The molecule has 1 aromatic heterocycles. The third-order valence-electron chi connectivity index (χ3n) is 4.82. The van der Waals surface area contributed by atoms with Crippen molar-refractivity contribution in [1.29, 1.82) is 0 Å². The van der Waals surface area contributed by atoms with E-state index in [0.717, 1.165) is 5.56 Å². The van der Waals surface area contributed by atoms with E-state index in [2.05, 4.69) is 9.98 Å². The van der Waals surface area contributed by atoms with Crippen LogP contribution < -0.4 is 10.5 Å². The molecule has 2 aromatic carbocycles. The summed E-state index contributed by atoms with van der Waals surface area (Å²) in [6.07, 6.45) is 3.04. The van der Waals surface area contributed by atoms with Crippen LogP contribution >= 0.6 is 23.2 Å². The molecule has 0 saturated heterocycles. The second kappa shape index (κ2) is 9.84. The van der Waals surface area contributed by atoms with Gasteiger partial charge in [-0.3, -0.25) is 9.78 Å². The second-order valence-corrected chi connectivity index (χ2v) is 7.48. The fraction of sp³-hybridized carbons (Fsp3) is 0.136. The fourth-order valence-electron chi connectivity index (χ4n) is 3.38. The van der Waals surface area contributed by atoms with Gasteiger partial charge in [-0.05, 0) is 41.5 Å². The summed E-state index contributed by atoms with van der Waals surface area (Å²) < 4.78 is 25.4. The van der Waals surface area contributed by atoms with E-state index in [-0.39, 0.29) is 19.1 Å². The molecule has 0 bridgehead atoms. The highest BCUT2D eigenvalue weighted by atomic mass is 35.5. The second-order valence-electron chi connectivity index (χ2n) is 6.64. The zero-order valence-electron chi connectivity index (χ0n) is 16.8. The predicted molar refractivity (Wildman–Crippen MR) is 120 cm³/mol. The number of carboxylic acid groups (broad SMARTS) is 1. The van der Waals surface area contributed by atoms with Gasteiger partial charge in [0.2, 0.25) is 0 Å². The first-order valence-electron chi connectivity index (χ1n) is 9.15. The number of nitrogens with two attached hydrogens (primary N) is 1. The van der Waals surface area contributed by atoms with E-state index in [4.69, 9.17) is 48.3 Å². The molecule has 1 atom stereocenters. The lowest BCUT2D eigenvalue weighted by atomic mass is 9.83. The van der Waals surface area contributed by atoms with Gasteiger partial charge in [-0.15, -0.1) is 0 Å². The quantitative estimate of drug-likeness (QED) is 0.535. The molecule has 4 rings (SSSR count). The number of halogens is 3. The van der Waals surface area contributed by atoms with Crippen LogP contribution in [-0.2, 0) is 15.1 Å². The number of amidine groups is 1. The van der Waals surface area contributed by atoms with Crippen molar-refractivity contribution in [3.8, 4) is 16.9 Å². The van der Waals surface area contributed by atoms with Gasteiger partial charge in [0.05, 0.1) is 17.2 Å². The molecule has 0 radical (unpaired) electrons. The topological polar surface area (TPSA) is 107 Å². The smallest absolute Gasteiger partial charge is 0.290 e. The molecule has 0 spiro atoms. The third kappa shape index (κ3) is 4.61. The van der Waals surface area contributed by atoms with E-state index in [0.29, 0.717) is 32.5 Å². The van der Waals surface area contributed by atoms with Crippen LogP contribution in [0.2, 0.25) is 10.0 Å². The number of ether oxygens (including phenoxy) is 2. The Kier molecular flexibility index (Phi) is 7.17. The van der Waals surface area contributed by atoms with E-state index in [1.54, 1.807) is 36.5 Å². The highest BCUT2D eigenvalue weighted by molar-refractivity contribution is 6.32. The van der Waals surface area contributed by atoms with Gasteiger partial charge in [0.1, 0.15) is 18.2 Å². The average Bonchev–Trinajstić information content (AvgIpc) is 3.17. The number of methoxy groups -OCH3 is 1. The maximum atomic E-state index is 14.6. The molecule has 7 nitrogen and oxygen atoms in total. The standard InChI is InChI=1S/C21H16Cl2FN3O2.CH2O2/c1-28-19-5-3-14(8-17(19)23)21(11-29-20(25)27-21)13-2-4-18(24)16(7-13)12-6-15(22)10-26-9-12;2-1-3/h2-10H,11H2,1H3,(H2,25,27);1H,(H,2,3). The summed E-state index contributed by atoms with van der Waals surface area (Å²) in [6, 6.07) is 11.8. The van der Waals surface area contributed by atoms with Crippen molar-refractivity contribution in [3.63, 3.8) is 0 Å². The summed E-state index contributed by atoms with van der Waals surface area (Å²) in [5.74, 6) is 0.128. The lowest BCUT2D eigenvalue weighted by Gasteiger charge is -2.26. The number of carbonyl (C=O) groups is 1. The Hall–Kier alpha value is -3.36. The molecule has 0 saturated carbocycles. The maximum absolute atomic E-state index is 14.6. The summed E-state index contributed by atoms with van der Waals surface area (Å²) in [5, 5.41) is 7.72. The Bertz CT molecular complexity index is 1180. The van der Waals surface area contributed by atoms with Crippen molar-refractivity contribution in [2.45, 2.75) is 5.54 Å². The van der Waals surface area contributed by atoms with Crippen LogP contribution in [0.25, 0.3) is 11.1 Å². The Labute approximate surface area is 193 Å². The molecule has 2 heterocycles. The number of hydrogen-bond acceptors (Lipinski definition) is 6. The minimum absolute atomic E-state index is 0.0484. The van der Waals surface area contributed by atoms with Crippen molar-refractivity contribution >= 4 is 35.7 Å². The summed E-state index contributed by atoms with van der Waals surface area (Å²) in [6.45, 7) is -0.0969. The van der Waals surface area contributed by atoms with E-state index in [9.17, 15) is 4.39 Å². The summed E-state index contributed by atoms with van der Waals surface area (Å²) >= 11 is 12.4. The zero-order valence-corrected chi connectivity index (χ0v) is 18.3. The van der Waals surface area contributed by atoms with Crippen molar-refractivity contribution < 1.29 is 23.8 Å². The first kappa shape index (κ1) is 23.3. The van der Waals surface area contributed by atoms with E-state index >= 15 is 0 Å². The number of aliphatic imine (C=N–C) groups is 1. The molecule has 166 valence electrons. The number of benzene rings is 2. The number of nitrogens with zero attached hydrogens (tertiary/aromatic N) is 2. The van der Waals surface area contributed by atoms with Crippen molar-refractivity contribution in [2.75, 3.05) is 13.7 Å². The Balaban J connectivity index is 0.000000913. The molecular weight excluding hydrogens is 460 g/mol. The van der Waals surface area contributed by atoms with Gasteiger partial charge in [-0.1, -0.05) is 35.3 Å². The van der Waals surface area contributed by atoms with Crippen LogP contribution in [0.4, 0.5) is 4.39 Å². The monoisotopic (exact) mass is 477 g/mol. The molecule has 0 fully saturated rings. The Morgan fingerprint density at radius 3 is 2.47 bits per heavy atom. The molecule has 3 aromatic rings. The average molecular weight is 478 g/mol. The van der Waals surface area contributed by atoms with E-state index in [1.807, 2.05) is 6.07 Å². The Morgan fingerprint density at radius 1 is 1.19 bits per heavy atom. The number of rotatable bonds is 4. The predicted octanol–water partition coefficient (Wildman–Crippen LogP) is 4.49. The first-order chi connectivity index (χ1) is 15.3. The van der Waals surface area contributed by atoms with Gasteiger partial charge in [0.15, 0.2) is 5.54 Å². The molecule has 0 amide bonds. The molecule has 1 aliphatic heterocycles. The number of pyridine rings is 1. The minimum atomic E-state index is -0.978. The van der Waals surface area contributed by atoms with Gasteiger partial charge in [-0.25, -0.2) is 9.38 Å².